The van der Waals surface area contributed by atoms with E-state index in [9.17, 15) is 9.59 Å². The van der Waals surface area contributed by atoms with Crippen LogP contribution in [0.5, 0.6) is 5.75 Å². The number of nitrogens with zero attached hydrogens (tertiary/aromatic N) is 4. The summed E-state index contributed by atoms with van der Waals surface area (Å²) in [6.07, 6.45) is 1.75. The average Bonchev–Trinajstić information content (AvgIpc) is 2.94. The van der Waals surface area contributed by atoms with Crippen LogP contribution in [0.1, 0.15) is 24.2 Å². The van der Waals surface area contributed by atoms with Crippen molar-refractivity contribution in [2.45, 2.75) is 32.7 Å². The van der Waals surface area contributed by atoms with Crippen LogP contribution >= 0.6 is 0 Å². The van der Waals surface area contributed by atoms with Crippen molar-refractivity contribution in [3.63, 3.8) is 0 Å². The zero-order chi connectivity index (χ0) is 16.7. The van der Waals surface area contributed by atoms with Gasteiger partial charge in [-0.2, -0.15) is 5.10 Å². The van der Waals surface area contributed by atoms with E-state index in [1.54, 1.807) is 9.58 Å². The molecule has 2 amide bonds. The fourth-order valence-electron chi connectivity index (χ4n) is 3.71. The first-order valence-corrected chi connectivity index (χ1v) is 8.07. The molecule has 0 aromatic carbocycles. The quantitative estimate of drug-likeness (QED) is 0.813. The molecule has 0 spiro atoms. The van der Waals surface area contributed by atoms with Gasteiger partial charge in [-0.15, -0.1) is 0 Å². The molecule has 1 aromatic rings. The van der Waals surface area contributed by atoms with Gasteiger partial charge in [0.25, 0.3) is 5.91 Å². The maximum Gasteiger partial charge on any atom is 0.260 e. The molecule has 23 heavy (non-hydrogen) atoms. The number of fused-ring (bicyclic) bond motifs is 1. The number of aryl methyl sites for hydroxylation is 2. The standard InChI is InChI=1S/C16H24N4O3/c1-10-15(11(2)19(4)17-10)23-9-14(21)20-7-5-6-12-13(20)8-18(3)16(12)22/h12-13H,5-9H2,1-4H3/t12-,13-/m1/s1. The molecule has 0 unspecified atom stereocenters. The van der Waals surface area contributed by atoms with Gasteiger partial charge in [-0.3, -0.25) is 14.3 Å². The molecule has 2 aliphatic rings. The van der Waals surface area contributed by atoms with E-state index in [4.69, 9.17) is 4.74 Å². The van der Waals surface area contributed by atoms with E-state index >= 15 is 0 Å². The smallest absolute Gasteiger partial charge is 0.260 e. The highest BCUT2D eigenvalue weighted by Gasteiger charge is 2.45. The van der Waals surface area contributed by atoms with Crippen LogP contribution in [0.15, 0.2) is 0 Å². The van der Waals surface area contributed by atoms with Crippen molar-refractivity contribution in [2.24, 2.45) is 13.0 Å². The first-order chi connectivity index (χ1) is 10.9. The molecule has 0 bridgehead atoms. The first-order valence-electron chi connectivity index (χ1n) is 8.07. The van der Waals surface area contributed by atoms with Crippen molar-refractivity contribution in [3.8, 4) is 5.75 Å². The monoisotopic (exact) mass is 320 g/mol. The Hall–Kier alpha value is -2.05. The maximum atomic E-state index is 12.6. The number of likely N-dealkylation sites (N-methyl/N-ethyl adjacent to an activating group) is 1. The average molecular weight is 320 g/mol. The lowest BCUT2D eigenvalue weighted by molar-refractivity contribution is -0.139. The van der Waals surface area contributed by atoms with Gasteiger partial charge in [-0.05, 0) is 26.7 Å². The number of hydrogen-bond acceptors (Lipinski definition) is 4. The van der Waals surface area contributed by atoms with Crippen LogP contribution < -0.4 is 4.74 Å². The van der Waals surface area contributed by atoms with Crippen molar-refractivity contribution >= 4 is 11.8 Å². The highest BCUT2D eigenvalue weighted by Crippen LogP contribution is 2.31. The predicted molar refractivity (Wildman–Crippen MR) is 84.0 cm³/mol. The Bertz CT molecular complexity index is 640. The van der Waals surface area contributed by atoms with Crippen molar-refractivity contribution in [1.29, 1.82) is 0 Å². The lowest BCUT2D eigenvalue weighted by atomic mass is 9.91. The predicted octanol–water partition coefficient (Wildman–Crippen LogP) is 0.495. The van der Waals surface area contributed by atoms with E-state index in [-0.39, 0.29) is 30.4 Å². The minimum absolute atomic E-state index is 0.00546. The summed E-state index contributed by atoms with van der Waals surface area (Å²) in [6, 6.07) is -0.00607. The van der Waals surface area contributed by atoms with Gasteiger partial charge in [0.05, 0.1) is 17.7 Å². The lowest BCUT2D eigenvalue weighted by Crippen LogP contribution is -2.50. The highest BCUT2D eigenvalue weighted by molar-refractivity contribution is 5.85. The maximum absolute atomic E-state index is 12.6. The third kappa shape index (κ3) is 2.68. The molecule has 0 aliphatic carbocycles. The fraction of sp³-hybridized carbons (Fsp3) is 0.688. The van der Waals surface area contributed by atoms with Crippen LogP contribution in [0.3, 0.4) is 0 Å². The van der Waals surface area contributed by atoms with Crippen LogP contribution in [-0.2, 0) is 16.6 Å². The molecule has 126 valence electrons. The zero-order valence-corrected chi connectivity index (χ0v) is 14.2. The van der Waals surface area contributed by atoms with Gasteiger partial charge in [-0.25, -0.2) is 0 Å². The molecule has 0 saturated carbocycles. The van der Waals surface area contributed by atoms with E-state index in [2.05, 4.69) is 5.10 Å². The molecule has 3 rings (SSSR count). The minimum atomic E-state index is -0.0505. The van der Waals surface area contributed by atoms with E-state index in [0.29, 0.717) is 18.8 Å². The molecule has 1 aromatic heterocycles. The number of rotatable bonds is 3. The molecule has 2 fully saturated rings. The van der Waals surface area contributed by atoms with E-state index in [1.807, 2.05) is 32.8 Å². The van der Waals surface area contributed by atoms with Crippen molar-refractivity contribution in [1.82, 2.24) is 19.6 Å². The van der Waals surface area contributed by atoms with Crippen LogP contribution in [0.2, 0.25) is 0 Å². The Labute approximate surface area is 136 Å². The summed E-state index contributed by atoms with van der Waals surface area (Å²) in [4.78, 5) is 28.3. The fourth-order valence-corrected chi connectivity index (χ4v) is 3.71. The van der Waals surface area contributed by atoms with E-state index in [1.165, 1.54) is 0 Å². The molecule has 0 radical (unpaired) electrons. The molecule has 2 saturated heterocycles. The van der Waals surface area contributed by atoms with Gasteiger partial charge in [0.2, 0.25) is 5.91 Å². The highest BCUT2D eigenvalue weighted by atomic mass is 16.5. The number of amides is 2. The lowest BCUT2D eigenvalue weighted by Gasteiger charge is -2.35. The normalized spacial score (nSPS) is 24.1. The van der Waals surface area contributed by atoms with Crippen molar-refractivity contribution in [2.75, 3.05) is 26.7 Å². The number of carbonyl (C=O) groups excluding carboxylic acids is 2. The molecule has 3 heterocycles. The second kappa shape index (κ2) is 5.86. The molecule has 0 N–H and O–H groups in total. The van der Waals surface area contributed by atoms with Crippen LogP contribution in [-0.4, -0.2) is 64.2 Å². The second-order valence-corrected chi connectivity index (χ2v) is 6.53. The summed E-state index contributed by atoms with van der Waals surface area (Å²) in [7, 11) is 3.66. The Morgan fingerprint density at radius 2 is 2.09 bits per heavy atom. The second-order valence-electron chi connectivity index (χ2n) is 6.53. The Kier molecular flexibility index (Phi) is 4.04. The minimum Gasteiger partial charge on any atom is -0.480 e. The number of ether oxygens (including phenoxy) is 1. The summed E-state index contributed by atoms with van der Waals surface area (Å²) in [5.41, 5.74) is 1.69. The van der Waals surface area contributed by atoms with Crippen molar-refractivity contribution in [3.05, 3.63) is 11.4 Å². The van der Waals surface area contributed by atoms with Gasteiger partial charge in [0, 0.05) is 27.2 Å². The zero-order valence-electron chi connectivity index (χ0n) is 14.2. The molecule has 7 heteroatoms. The Balaban J connectivity index is 1.67. The van der Waals surface area contributed by atoms with Gasteiger partial charge in [-0.1, -0.05) is 0 Å². The number of likely N-dealkylation sites (tertiary alicyclic amines) is 2. The van der Waals surface area contributed by atoms with Gasteiger partial charge in [0.15, 0.2) is 12.4 Å². The van der Waals surface area contributed by atoms with Crippen LogP contribution in [0.25, 0.3) is 0 Å². The van der Waals surface area contributed by atoms with Gasteiger partial charge < -0.3 is 14.5 Å². The summed E-state index contributed by atoms with van der Waals surface area (Å²) in [5.74, 6) is 0.742. The third-order valence-electron chi connectivity index (χ3n) is 5.04. The SMILES string of the molecule is Cc1nn(C)c(C)c1OCC(=O)N1CCC[C@H]2C(=O)N(C)C[C@H]21. The number of aromatic nitrogens is 2. The Morgan fingerprint density at radius 3 is 2.74 bits per heavy atom. The molecular formula is C16H24N4O3. The molecular weight excluding hydrogens is 296 g/mol. The summed E-state index contributed by atoms with van der Waals surface area (Å²) in [6.45, 7) is 5.11. The van der Waals surface area contributed by atoms with E-state index < -0.39 is 0 Å². The summed E-state index contributed by atoms with van der Waals surface area (Å²) in [5, 5.41) is 4.29. The van der Waals surface area contributed by atoms with Crippen LogP contribution in [0, 0.1) is 19.8 Å². The summed E-state index contributed by atoms with van der Waals surface area (Å²) < 4.78 is 7.48. The first kappa shape index (κ1) is 15.8. The van der Waals surface area contributed by atoms with E-state index in [0.717, 1.165) is 24.2 Å². The number of carbonyl (C=O) groups is 2. The number of piperidine rings is 1. The molecule has 7 nitrogen and oxygen atoms in total. The Morgan fingerprint density at radius 1 is 1.35 bits per heavy atom. The summed E-state index contributed by atoms with van der Waals surface area (Å²) >= 11 is 0. The topological polar surface area (TPSA) is 67.7 Å². The third-order valence-corrected chi connectivity index (χ3v) is 5.04. The number of hydrogen-bond donors (Lipinski definition) is 0. The molecule has 2 atom stereocenters. The molecule has 2 aliphatic heterocycles. The van der Waals surface area contributed by atoms with Gasteiger partial charge in [0.1, 0.15) is 5.69 Å². The van der Waals surface area contributed by atoms with Crippen molar-refractivity contribution < 1.29 is 14.3 Å². The van der Waals surface area contributed by atoms with Gasteiger partial charge >= 0.3 is 0 Å². The van der Waals surface area contributed by atoms with Crippen LogP contribution in [0.4, 0.5) is 0 Å². The largest absolute Gasteiger partial charge is 0.480 e.